The number of carbonyl (C=O) groups excluding carboxylic acids is 1. The van der Waals surface area contributed by atoms with Gasteiger partial charge in [-0.2, -0.15) is 5.26 Å². The maximum Gasteiger partial charge on any atom is 0.275 e. The van der Waals surface area contributed by atoms with Crippen molar-refractivity contribution < 1.29 is 4.79 Å². The van der Waals surface area contributed by atoms with E-state index in [1.165, 1.54) is 4.88 Å². The quantitative estimate of drug-likeness (QED) is 0.875. The molecule has 0 unspecified atom stereocenters. The number of aliphatic imine (C=N–C) groups is 1. The Bertz CT molecular complexity index is 857. The largest absolute Gasteiger partial charge is 0.320 e. The van der Waals surface area contributed by atoms with Crippen LogP contribution in [-0.2, 0) is 17.6 Å². The molecule has 0 fully saturated rings. The first-order valence-electron chi connectivity index (χ1n) is 7.32. The topological polar surface area (TPSA) is 65.2 Å². The maximum atomic E-state index is 12.2. The molecule has 1 N–H and O–H groups in total. The molecule has 2 heterocycles. The molecule has 0 bridgehead atoms. The van der Waals surface area contributed by atoms with Crippen LogP contribution in [0.4, 0.5) is 10.7 Å². The zero-order valence-electron chi connectivity index (χ0n) is 11.8. The van der Waals surface area contributed by atoms with Gasteiger partial charge >= 0.3 is 0 Å². The standard InChI is InChI=1S/C17H13N3OS/c18-9-12-10-5-2-4-8-14(10)22-17(12)20-15-11-6-1-3-7-13(11)19-16(15)21/h1,3,6-7H,2,4-5,8H2,(H,19,20,21). The van der Waals surface area contributed by atoms with Crippen molar-refractivity contribution in [3.63, 3.8) is 0 Å². The minimum Gasteiger partial charge on any atom is -0.320 e. The van der Waals surface area contributed by atoms with Gasteiger partial charge in [-0.15, -0.1) is 11.3 Å². The number of benzene rings is 1. The molecule has 0 atom stereocenters. The lowest BCUT2D eigenvalue weighted by Gasteiger charge is -2.09. The number of anilines is 1. The van der Waals surface area contributed by atoms with E-state index in [9.17, 15) is 10.1 Å². The average molecular weight is 307 g/mol. The molecule has 22 heavy (non-hydrogen) atoms. The first kappa shape index (κ1) is 13.2. The third-order valence-corrected chi connectivity index (χ3v) is 5.31. The van der Waals surface area contributed by atoms with E-state index in [1.54, 1.807) is 11.3 Å². The molecule has 1 aromatic carbocycles. The second kappa shape index (κ2) is 5.08. The Labute approximate surface area is 132 Å². The Balaban J connectivity index is 1.86. The van der Waals surface area contributed by atoms with E-state index in [1.807, 2.05) is 24.3 Å². The summed E-state index contributed by atoms with van der Waals surface area (Å²) in [5.41, 5.74) is 3.80. The van der Waals surface area contributed by atoms with Crippen LogP contribution in [0.3, 0.4) is 0 Å². The van der Waals surface area contributed by atoms with Crippen LogP contribution in [0.5, 0.6) is 0 Å². The molecule has 0 spiro atoms. The number of aryl methyl sites for hydroxylation is 1. The second-order valence-corrected chi connectivity index (χ2v) is 6.55. The number of amides is 1. The second-order valence-electron chi connectivity index (χ2n) is 5.46. The van der Waals surface area contributed by atoms with Gasteiger partial charge in [0, 0.05) is 10.4 Å². The summed E-state index contributed by atoms with van der Waals surface area (Å²) < 4.78 is 0. The lowest BCUT2D eigenvalue weighted by atomic mass is 9.96. The molecule has 5 heteroatoms. The van der Waals surface area contributed by atoms with Crippen LogP contribution in [0.1, 0.15) is 34.4 Å². The molecule has 1 aliphatic carbocycles. The molecule has 1 aliphatic heterocycles. The van der Waals surface area contributed by atoms with E-state index in [0.717, 1.165) is 42.5 Å². The Morgan fingerprint density at radius 1 is 1.23 bits per heavy atom. The van der Waals surface area contributed by atoms with Crippen molar-refractivity contribution >= 4 is 33.6 Å². The highest BCUT2D eigenvalue weighted by molar-refractivity contribution is 7.16. The molecular formula is C17H13N3OS. The van der Waals surface area contributed by atoms with Crippen molar-refractivity contribution in [2.24, 2.45) is 4.99 Å². The SMILES string of the molecule is N#Cc1c(N=C2C(=O)Nc3ccccc32)sc2c1CCCC2. The zero-order valence-corrected chi connectivity index (χ0v) is 12.7. The van der Waals surface area contributed by atoms with Crippen LogP contribution in [0.2, 0.25) is 0 Å². The van der Waals surface area contributed by atoms with E-state index in [-0.39, 0.29) is 5.91 Å². The Hall–Kier alpha value is -2.45. The van der Waals surface area contributed by atoms with Gasteiger partial charge in [0.2, 0.25) is 0 Å². The van der Waals surface area contributed by atoms with Crippen LogP contribution in [0.15, 0.2) is 29.3 Å². The lowest BCUT2D eigenvalue weighted by molar-refractivity contribution is -0.110. The predicted molar refractivity (Wildman–Crippen MR) is 86.9 cm³/mol. The smallest absolute Gasteiger partial charge is 0.275 e. The van der Waals surface area contributed by atoms with E-state index in [4.69, 9.17) is 0 Å². The molecule has 0 saturated heterocycles. The van der Waals surface area contributed by atoms with E-state index < -0.39 is 0 Å². The molecular weight excluding hydrogens is 294 g/mol. The van der Waals surface area contributed by atoms with Gasteiger partial charge in [0.25, 0.3) is 5.91 Å². The van der Waals surface area contributed by atoms with Crippen LogP contribution in [0, 0.1) is 11.3 Å². The van der Waals surface area contributed by atoms with Crippen molar-refractivity contribution in [1.82, 2.24) is 0 Å². The molecule has 0 saturated carbocycles. The van der Waals surface area contributed by atoms with E-state index in [0.29, 0.717) is 16.3 Å². The third-order valence-electron chi connectivity index (χ3n) is 4.12. The summed E-state index contributed by atoms with van der Waals surface area (Å²) in [6.45, 7) is 0. The van der Waals surface area contributed by atoms with Crippen LogP contribution in [-0.4, -0.2) is 11.6 Å². The third kappa shape index (κ3) is 1.96. The molecule has 1 amide bonds. The predicted octanol–water partition coefficient (Wildman–Crippen LogP) is 3.57. The summed E-state index contributed by atoms with van der Waals surface area (Å²) in [6, 6.07) is 9.80. The molecule has 108 valence electrons. The number of thiophene rings is 1. The highest BCUT2D eigenvalue weighted by atomic mass is 32.1. The Kier molecular flexibility index (Phi) is 3.05. The van der Waals surface area contributed by atoms with Gasteiger partial charge in [-0.05, 0) is 37.3 Å². The van der Waals surface area contributed by atoms with Crippen LogP contribution in [0.25, 0.3) is 0 Å². The first-order valence-corrected chi connectivity index (χ1v) is 8.13. The number of para-hydroxylation sites is 1. The summed E-state index contributed by atoms with van der Waals surface area (Å²) in [6.07, 6.45) is 4.25. The Morgan fingerprint density at radius 2 is 2.05 bits per heavy atom. The summed E-state index contributed by atoms with van der Waals surface area (Å²) in [5.74, 6) is -0.198. The van der Waals surface area contributed by atoms with Crippen molar-refractivity contribution in [1.29, 1.82) is 5.26 Å². The number of nitriles is 1. The number of carbonyl (C=O) groups is 1. The Morgan fingerprint density at radius 3 is 2.91 bits per heavy atom. The van der Waals surface area contributed by atoms with Gasteiger partial charge in [0.1, 0.15) is 16.8 Å². The number of hydrogen-bond acceptors (Lipinski definition) is 4. The average Bonchev–Trinajstić information content (AvgIpc) is 3.05. The highest BCUT2D eigenvalue weighted by Gasteiger charge is 2.27. The van der Waals surface area contributed by atoms with Gasteiger partial charge in [0.15, 0.2) is 0 Å². The van der Waals surface area contributed by atoms with E-state index in [2.05, 4.69) is 16.4 Å². The van der Waals surface area contributed by atoms with Crippen molar-refractivity contribution in [3.05, 3.63) is 45.8 Å². The fraction of sp³-hybridized carbons (Fsp3) is 0.235. The number of nitrogens with one attached hydrogen (secondary N) is 1. The number of rotatable bonds is 1. The molecule has 2 aliphatic rings. The normalized spacial score (nSPS) is 17.8. The summed E-state index contributed by atoms with van der Waals surface area (Å²) >= 11 is 1.56. The van der Waals surface area contributed by atoms with Crippen molar-refractivity contribution in [2.45, 2.75) is 25.7 Å². The minimum absolute atomic E-state index is 0.198. The van der Waals surface area contributed by atoms with Crippen molar-refractivity contribution in [2.75, 3.05) is 5.32 Å². The molecule has 2 aromatic rings. The fourth-order valence-electron chi connectivity index (χ4n) is 3.06. The summed E-state index contributed by atoms with van der Waals surface area (Å²) in [7, 11) is 0. The lowest BCUT2D eigenvalue weighted by Crippen LogP contribution is -2.13. The zero-order chi connectivity index (χ0) is 15.1. The minimum atomic E-state index is -0.198. The number of nitrogens with zero attached hydrogens (tertiary/aromatic N) is 2. The van der Waals surface area contributed by atoms with E-state index >= 15 is 0 Å². The molecule has 4 nitrogen and oxygen atoms in total. The molecule has 1 aromatic heterocycles. The summed E-state index contributed by atoms with van der Waals surface area (Å²) in [5, 5.41) is 13.0. The van der Waals surface area contributed by atoms with Crippen LogP contribution >= 0.6 is 11.3 Å². The van der Waals surface area contributed by atoms with Gasteiger partial charge < -0.3 is 5.32 Å². The fourth-order valence-corrected chi connectivity index (χ4v) is 4.28. The first-order chi connectivity index (χ1) is 10.8. The maximum absolute atomic E-state index is 12.2. The van der Waals surface area contributed by atoms with Crippen molar-refractivity contribution in [3.8, 4) is 6.07 Å². The van der Waals surface area contributed by atoms with Crippen LogP contribution < -0.4 is 5.32 Å². The number of fused-ring (bicyclic) bond motifs is 2. The monoisotopic (exact) mass is 307 g/mol. The van der Waals surface area contributed by atoms with Gasteiger partial charge in [-0.1, -0.05) is 18.2 Å². The summed E-state index contributed by atoms with van der Waals surface area (Å²) in [4.78, 5) is 18.0. The number of hydrogen-bond donors (Lipinski definition) is 1. The molecule has 4 rings (SSSR count). The van der Waals surface area contributed by atoms with Gasteiger partial charge in [-0.25, -0.2) is 4.99 Å². The van der Waals surface area contributed by atoms with Gasteiger partial charge in [-0.3, -0.25) is 4.79 Å². The molecule has 0 radical (unpaired) electrons. The van der Waals surface area contributed by atoms with Gasteiger partial charge in [0.05, 0.1) is 11.3 Å². The highest BCUT2D eigenvalue weighted by Crippen LogP contribution is 2.40.